The van der Waals surface area contributed by atoms with Gasteiger partial charge in [0, 0.05) is 0 Å². The lowest BCUT2D eigenvalue weighted by molar-refractivity contribution is -0.157. The van der Waals surface area contributed by atoms with Crippen LogP contribution in [0, 0.1) is 0 Å². The second-order valence-corrected chi connectivity index (χ2v) is 5.56. The van der Waals surface area contributed by atoms with Gasteiger partial charge in [0.25, 0.3) is 0 Å². The lowest BCUT2D eigenvalue weighted by Crippen LogP contribution is -2.49. The second-order valence-electron chi connectivity index (χ2n) is 5.56. The Bertz CT molecular complexity index is 290. The Balaban J connectivity index is 4.63. The van der Waals surface area contributed by atoms with E-state index in [4.69, 9.17) is 9.47 Å². The van der Waals surface area contributed by atoms with E-state index in [-0.39, 0.29) is 11.9 Å². The monoisotopic (exact) mass is 315 g/mol. The minimum Gasteiger partial charge on any atom is -0.465 e. The molecule has 0 saturated heterocycles. The van der Waals surface area contributed by atoms with Crippen molar-refractivity contribution in [2.75, 3.05) is 20.3 Å². The van der Waals surface area contributed by atoms with Crippen molar-refractivity contribution < 1.29 is 19.1 Å². The highest BCUT2D eigenvalue weighted by Gasteiger charge is 2.32. The molecule has 0 aliphatic carbocycles. The molecule has 5 nitrogen and oxygen atoms in total. The van der Waals surface area contributed by atoms with Gasteiger partial charge in [0.15, 0.2) is 0 Å². The molecule has 0 aliphatic heterocycles. The number of likely N-dealkylation sites (N-methyl/N-ethyl adjacent to an activating group) is 1. The molecule has 0 fully saturated rings. The van der Waals surface area contributed by atoms with Gasteiger partial charge < -0.3 is 9.47 Å². The van der Waals surface area contributed by atoms with Gasteiger partial charge in [0.1, 0.15) is 12.1 Å². The van der Waals surface area contributed by atoms with Gasteiger partial charge >= 0.3 is 11.9 Å². The predicted molar refractivity (Wildman–Crippen MR) is 87.7 cm³/mol. The van der Waals surface area contributed by atoms with Crippen LogP contribution >= 0.6 is 0 Å². The average molecular weight is 315 g/mol. The van der Waals surface area contributed by atoms with Crippen LogP contribution < -0.4 is 0 Å². The van der Waals surface area contributed by atoms with Crippen molar-refractivity contribution in [1.29, 1.82) is 0 Å². The van der Waals surface area contributed by atoms with Crippen LogP contribution in [0.5, 0.6) is 0 Å². The zero-order valence-corrected chi connectivity index (χ0v) is 14.9. The summed E-state index contributed by atoms with van der Waals surface area (Å²) in [5.74, 6) is -0.503. The summed E-state index contributed by atoms with van der Waals surface area (Å²) in [6, 6.07) is -0.805. The Morgan fingerprint density at radius 1 is 0.818 bits per heavy atom. The molecule has 0 saturated carbocycles. The van der Waals surface area contributed by atoms with Crippen LogP contribution in [0.3, 0.4) is 0 Å². The number of esters is 2. The van der Waals surface area contributed by atoms with Crippen LogP contribution in [0.1, 0.15) is 66.2 Å². The summed E-state index contributed by atoms with van der Waals surface area (Å²) in [5.41, 5.74) is 0. The third kappa shape index (κ3) is 7.25. The van der Waals surface area contributed by atoms with Crippen LogP contribution in [0.4, 0.5) is 0 Å². The van der Waals surface area contributed by atoms with Crippen LogP contribution in [-0.4, -0.2) is 49.2 Å². The standard InChI is InChI=1S/C17H33NO4/c1-6-10-12-21-16(19)14(8-3)18(5)15(9-4)17(20)22-13-11-7-2/h14-15H,6-13H2,1-5H3. The smallest absolute Gasteiger partial charge is 0.323 e. The van der Waals surface area contributed by atoms with Crippen molar-refractivity contribution >= 4 is 11.9 Å². The summed E-state index contributed by atoms with van der Waals surface area (Å²) in [6.07, 6.45) is 4.92. The molecule has 2 unspecified atom stereocenters. The Morgan fingerprint density at radius 3 is 1.45 bits per heavy atom. The number of nitrogens with zero attached hydrogens (tertiary/aromatic N) is 1. The summed E-state index contributed by atoms with van der Waals surface area (Å²) < 4.78 is 10.6. The third-order valence-corrected chi connectivity index (χ3v) is 3.79. The van der Waals surface area contributed by atoms with E-state index in [1.165, 1.54) is 0 Å². The molecule has 0 aliphatic rings. The van der Waals surface area contributed by atoms with Crippen molar-refractivity contribution in [3.8, 4) is 0 Å². The molecule has 22 heavy (non-hydrogen) atoms. The topological polar surface area (TPSA) is 55.8 Å². The van der Waals surface area contributed by atoms with Crippen molar-refractivity contribution in [2.45, 2.75) is 78.3 Å². The van der Waals surface area contributed by atoms with Gasteiger partial charge in [0.2, 0.25) is 0 Å². The molecule has 0 heterocycles. The summed E-state index contributed by atoms with van der Waals surface area (Å²) in [4.78, 5) is 26.1. The fraction of sp³-hybridized carbons (Fsp3) is 0.882. The lowest BCUT2D eigenvalue weighted by Gasteiger charge is -2.31. The zero-order chi connectivity index (χ0) is 17.0. The van der Waals surface area contributed by atoms with Crippen molar-refractivity contribution in [1.82, 2.24) is 4.90 Å². The van der Waals surface area contributed by atoms with Crippen LogP contribution in [0.15, 0.2) is 0 Å². The molecule has 0 aromatic rings. The zero-order valence-electron chi connectivity index (χ0n) is 14.9. The Morgan fingerprint density at radius 2 is 1.18 bits per heavy atom. The van der Waals surface area contributed by atoms with E-state index in [2.05, 4.69) is 13.8 Å². The Labute approximate surface area is 135 Å². The summed E-state index contributed by atoms with van der Waals surface area (Å²) in [7, 11) is 1.80. The van der Waals surface area contributed by atoms with Gasteiger partial charge in [-0.2, -0.15) is 0 Å². The molecule has 5 heteroatoms. The van der Waals surface area contributed by atoms with E-state index in [0.29, 0.717) is 26.1 Å². The molecule has 2 atom stereocenters. The van der Waals surface area contributed by atoms with Gasteiger partial charge in [-0.05, 0) is 32.7 Å². The van der Waals surface area contributed by atoms with E-state index >= 15 is 0 Å². The molecule has 0 radical (unpaired) electrons. The SMILES string of the molecule is CCCCOC(=O)C(CC)N(C)C(CC)C(=O)OCCCC. The Hall–Kier alpha value is -1.10. The predicted octanol–water partition coefficient (Wildman–Crippen LogP) is 3.16. The fourth-order valence-corrected chi connectivity index (χ4v) is 2.29. The number of unbranched alkanes of at least 4 members (excludes halogenated alkanes) is 2. The molecular weight excluding hydrogens is 282 g/mol. The first-order valence-electron chi connectivity index (χ1n) is 8.58. The number of carbonyl (C=O) groups is 2. The maximum Gasteiger partial charge on any atom is 0.323 e. The highest BCUT2D eigenvalue weighted by atomic mass is 16.5. The van der Waals surface area contributed by atoms with Crippen molar-refractivity contribution in [2.24, 2.45) is 0 Å². The largest absolute Gasteiger partial charge is 0.465 e. The van der Waals surface area contributed by atoms with E-state index in [1.807, 2.05) is 13.8 Å². The molecule has 130 valence electrons. The van der Waals surface area contributed by atoms with Gasteiger partial charge in [-0.25, -0.2) is 0 Å². The van der Waals surface area contributed by atoms with E-state index in [1.54, 1.807) is 11.9 Å². The van der Waals surface area contributed by atoms with Gasteiger partial charge in [-0.1, -0.05) is 40.5 Å². The van der Waals surface area contributed by atoms with Crippen LogP contribution in [0.2, 0.25) is 0 Å². The molecule has 0 amide bonds. The highest BCUT2D eigenvalue weighted by molar-refractivity contribution is 5.79. The summed E-state index contributed by atoms with van der Waals surface area (Å²) in [5, 5.41) is 0. The summed E-state index contributed by atoms with van der Waals surface area (Å²) >= 11 is 0. The maximum absolute atomic E-state index is 12.2. The number of rotatable bonds is 12. The first-order chi connectivity index (χ1) is 10.5. The lowest BCUT2D eigenvalue weighted by atomic mass is 10.1. The van der Waals surface area contributed by atoms with E-state index in [9.17, 15) is 9.59 Å². The van der Waals surface area contributed by atoms with Crippen molar-refractivity contribution in [3.63, 3.8) is 0 Å². The van der Waals surface area contributed by atoms with Crippen LogP contribution in [0.25, 0.3) is 0 Å². The molecule has 0 bridgehead atoms. The van der Waals surface area contributed by atoms with Crippen molar-refractivity contribution in [3.05, 3.63) is 0 Å². The van der Waals surface area contributed by atoms with Gasteiger partial charge in [0.05, 0.1) is 13.2 Å². The van der Waals surface area contributed by atoms with Gasteiger partial charge in [-0.15, -0.1) is 0 Å². The number of ether oxygens (including phenoxy) is 2. The normalized spacial score (nSPS) is 13.7. The molecule has 0 spiro atoms. The van der Waals surface area contributed by atoms with Crippen LogP contribution in [-0.2, 0) is 19.1 Å². The molecular formula is C17H33NO4. The fourth-order valence-electron chi connectivity index (χ4n) is 2.29. The Kier molecular flexibility index (Phi) is 11.8. The molecule has 0 rings (SSSR count). The third-order valence-electron chi connectivity index (χ3n) is 3.79. The molecule has 0 aromatic carbocycles. The minimum absolute atomic E-state index is 0.252. The quantitative estimate of drug-likeness (QED) is 0.409. The summed E-state index contributed by atoms with van der Waals surface area (Å²) in [6.45, 7) is 8.84. The average Bonchev–Trinajstić information content (AvgIpc) is 2.49. The van der Waals surface area contributed by atoms with E-state index < -0.39 is 12.1 Å². The molecule has 0 aromatic heterocycles. The first kappa shape index (κ1) is 20.9. The first-order valence-corrected chi connectivity index (χ1v) is 8.58. The molecule has 0 N–H and O–H groups in total. The minimum atomic E-state index is -0.402. The number of carbonyl (C=O) groups excluding carboxylic acids is 2. The number of hydrogen-bond acceptors (Lipinski definition) is 5. The van der Waals surface area contributed by atoms with Gasteiger partial charge in [-0.3, -0.25) is 14.5 Å². The second kappa shape index (κ2) is 12.4. The number of hydrogen-bond donors (Lipinski definition) is 0. The highest BCUT2D eigenvalue weighted by Crippen LogP contribution is 2.13. The maximum atomic E-state index is 12.2. The van der Waals surface area contributed by atoms with E-state index in [0.717, 1.165) is 25.7 Å².